The van der Waals surface area contributed by atoms with Crippen LogP contribution in [0.1, 0.15) is 18.5 Å². The predicted octanol–water partition coefficient (Wildman–Crippen LogP) is 1.30. The Hall–Kier alpha value is -0.860. The molecule has 2 nitrogen and oxygen atoms in total. The molecular formula is C10H16N2. The van der Waals surface area contributed by atoms with Gasteiger partial charge in [-0.2, -0.15) is 0 Å². The molecule has 0 aliphatic heterocycles. The summed E-state index contributed by atoms with van der Waals surface area (Å²) in [5, 5.41) is 3.32. The molecule has 3 N–H and O–H groups in total. The third-order valence-electron chi connectivity index (χ3n) is 1.89. The van der Waals surface area contributed by atoms with Gasteiger partial charge >= 0.3 is 0 Å². The third-order valence-corrected chi connectivity index (χ3v) is 1.89. The summed E-state index contributed by atoms with van der Waals surface area (Å²) < 4.78 is 0. The molecule has 0 unspecified atom stereocenters. The summed E-state index contributed by atoms with van der Waals surface area (Å²) in [5.74, 6) is 0. The van der Waals surface area contributed by atoms with E-state index in [0.29, 0.717) is 12.6 Å². The second-order valence-electron chi connectivity index (χ2n) is 2.76. The minimum Gasteiger partial charge on any atom is -0.329 e. The fourth-order valence-corrected chi connectivity index (χ4v) is 1.27. The van der Waals surface area contributed by atoms with E-state index in [2.05, 4.69) is 24.4 Å². The average molecular weight is 164 g/mol. The van der Waals surface area contributed by atoms with Crippen LogP contribution >= 0.6 is 0 Å². The molecule has 66 valence electrons. The van der Waals surface area contributed by atoms with E-state index in [4.69, 9.17) is 5.73 Å². The number of likely N-dealkylation sites (N-methyl/N-ethyl adjacent to an activating group) is 1. The molecule has 0 aromatic heterocycles. The summed E-state index contributed by atoms with van der Waals surface area (Å²) >= 11 is 0. The maximum absolute atomic E-state index is 5.63. The highest BCUT2D eigenvalue weighted by molar-refractivity contribution is 5.18. The number of rotatable bonds is 4. The largest absolute Gasteiger partial charge is 0.329 e. The van der Waals surface area contributed by atoms with Crippen LogP contribution in [0.2, 0.25) is 0 Å². The highest BCUT2D eigenvalue weighted by Crippen LogP contribution is 2.09. The van der Waals surface area contributed by atoms with E-state index in [1.165, 1.54) is 5.56 Å². The van der Waals surface area contributed by atoms with Crippen LogP contribution < -0.4 is 11.1 Å². The first-order chi connectivity index (χ1) is 5.88. The van der Waals surface area contributed by atoms with E-state index < -0.39 is 0 Å². The lowest BCUT2D eigenvalue weighted by Crippen LogP contribution is -2.27. The predicted molar refractivity (Wildman–Crippen MR) is 51.9 cm³/mol. The number of benzene rings is 1. The van der Waals surface area contributed by atoms with Gasteiger partial charge in [0.25, 0.3) is 0 Å². The molecule has 0 saturated heterocycles. The molecular weight excluding hydrogens is 148 g/mol. The summed E-state index contributed by atoms with van der Waals surface area (Å²) in [5.41, 5.74) is 6.89. The molecule has 1 atom stereocenters. The third kappa shape index (κ3) is 2.32. The van der Waals surface area contributed by atoms with Crippen molar-refractivity contribution in [2.24, 2.45) is 5.73 Å². The summed E-state index contributed by atoms with van der Waals surface area (Å²) in [6.07, 6.45) is 0. The molecule has 1 aromatic rings. The van der Waals surface area contributed by atoms with Crippen molar-refractivity contribution >= 4 is 0 Å². The second-order valence-corrected chi connectivity index (χ2v) is 2.76. The van der Waals surface area contributed by atoms with Crippen LogP contribution in [0.25, 0.3) is 0 Å². The number of nitrogens with two attached hydrogens (primary N) is 1. The maximum Gasteiger partial charge on any atom is 0.0444 e. The molecule has 0 saturated carbocycles. The van der Waals surface area contributed by atoms with Crippen molar-refractivity contribution in [1.29, 1.82) is 0 Å². The van der Waals surface area contributed by atoms with E-state index in [-0.39, 0.29) is 0 Å². The lowest BCUT2D eigenvalue weighted by molar-refractivity contribution is 0.562. The normalized spacial score (nSPS) is 12.8. The van der Waals surface area contributed by atoms with Crippen LogP contribution in [0.5, 0.6) is 0 Å². The van der Waals surface area contributed by atoms with E-state index in [0.717, 1.165) is 6.54 Å². The maximum atomic E-state index is 5.63. The molecule has 1 aromatic carbocycles. The molecule has 0 spiro atoms. The van der Waals surface area contributed by atoms with Gasteiger partial charge in [-0.25, -0.2) is 0 Å². The summed E-state index contributed by atoms with van der Waals surface area (Å²) in [6, 6.07) is 10.6. The first kappa shape index (κ1) is 9.23. The number of hydrogen-bond acceptors (Lipinski definition) is 2. The van der Waals surface area contributed by atoms with E-state index >= 15 is 0 Å². The van der Waals surface area contributed by atoms with Crippen molar-refractivity contribution in [3.05, 3.63) is 35.9 Å². The molecule has 12 heavy (non-hydrogen) atoms. The Balaban J connectivity index is 2.66. The van der Waals surface area contributed by atoms with Crippen LogP contribution in [-0.4, -0.2) is 13.1 Å². The Morgan fingerprint density at radius 2 is 2.00 bits per heavy atom. The second kappa shape index (κ2) is 4.91. The Bertz CT molecular complexity index is 208. The Kier molecular flexibility index (Phi) is 3.77. The average Bonchev–Trinajstić information content (AvgIpc) is 2.15. The first-order valence-electron chi connectivity index (χ1n) is 4.37. The van der Waals surface area contributed by atoms with E-state index in [1.807, 2.05) is 18.2 Å². The lowest BCUT2D eigenvalue weighted by Gasteiger charge is -2.15. The van der Waals surface area contributed by atoms with Crippen LogP contribution in [0.4, 0.5) is 0 Å². The van der Waals surface area contributed by atoms with Gasteiger partial charge in [0.15, 0.2) is 0 Å². The van der Waals surface area contributed by atoms with Crippen molar-refractivity contribution in [3.8, 4) is 0 Å². The molecule has 0 radical (unpaired) electrons. The van der Waals surface area contributed by atoms with Crippen LogP contribution in [-0.2, 0) is 0 Å². The van der Waals surface area contributed by atoms with Crippen molar-refractivity contribution in [2.45, 2.75) is 13.0 Å². The summed E-state index contributed by atoms with van der Waals surface area (Å²) in [4.78, 5) is 0. The minimum absolute atomic E-state index is 0.302. The van der Waals surface area contributed by atoms with Crippen LogP contribution in [0.3, 0.4) is 0 Å². The number of nitrogens with one attached hydrogen (secondary N) is 1. The molecule has 2 heteroatoms. The zero-order valence-corrected chi connectivity index (χ0v) is 7.46. The zero-order chi connectivity index (χ0) is 8.81. The molecule has 0 amide bonds. The van der Waals surface area contributed by atoms with Gasteiger partial charge in [0, 0.05) is 12.6 Å². The van der Waals surface area contributed by atoms with Gasteiger partial charge in [0.2, 0.25) is 0 Å². The van der Waals surface area contributed by atoms with Crippen molar-refractivity contribution in [2.75, 3.05) is 13.1 Å². The van der Waals surface area contributed by atoms with Crippen LogP contribution in [0, 0.1) is 0 Å². The highest BCUT2D eigenvalue weighted by atomic mass is 14.9. The minimum atomic E-state index is 0.302. The van der Waals surface area contributed by atoms with E-state index in [9.17, 15) is 0 Å². The molecule has 0 bridgehead atoms. The highest BCUT2D eigenvalue weighted by Gasteiger charge is 2.05. The van der Waals surface area contributed by atoms with E-state index in [1.54, 1.807) is 0 Å². The standard InChI is InChI=1S/C10H16N2/c1-2-12-10(8-11)9-6-4-3-5-7-9/h3-7,10,12H,2,8,11H2,1H3/t10-/m0/s1. The Morgan fingerprint density at radius 1 is 1.33 bits per heavy atom. The smallest absolute Gasteiger partial charge is 0.0444 e. The Labute approximate surface area is 73.8 Å². The SMILES string of the molecule is CCN[C@@H](CN)c1ccccc1. The van der Waals surface area contributed by atoms with Gasteiger partial charge in [-0.05, 0) is 12.1 Å². The van der Waals surface area contributed by atoms with Crippen molar-refractivity contribution in [3.63, 3.8) is 0 Å². The molecule has 0 aliphatic carbocycles. The molecule has 1 rings (SSSR count). The van der Waals surface area contributed by atoms with Crippen molar-refractivity contribution < 1.29 is 0 Å². The Morgan fingerprint density at radius 3 is 2.50 bits per heavy atom. The fourth-order valence-electron chi connectivity index (χ4n) is 1.27. The van der Waals surface area contributed by atoms with Gasteiger partial charge in [-0.15, -0.1) is 0 Å². The molecule has 0 aliphatic rings. The van der Waals surface area contributed by atoms with Crippen molar-refractivity contribution in [1.82, 2.24) is 5.32 Å². The number of hydrogen-bond donors (Lipinski definition) is 2. The topological polar surface area (TPSA) is 38.0 Å². The van der Waals surface area contributed by atoms with Gasteiger partial charge < -0.3 is 11.1 Å². The molecule has 0 heterocycles. The van der Waals surface area contributed by atoms with Gasteiger partial charge in [-0.3, -0.25) is 0 Å². The van der Waals surface area contributed by atoms with Crippen LogP contribution in [0.15, 0.2) is 30.3 Å². The quantitative estimate of drug-likeness (QED) is 0.704. The first-order valence-corrected chi connectivity index (χ1v) is 4.37. The van der Waals surface area contributed by atoms with Gasteiger partial charge in [0.05, 0.1) is 0 Å². The zero-order valence-electron chi connectivity index (χ0n) is 7.46. The molecule has 0 fully saturated rings. The summed E-state index contributed by atoms with van der Waals surface area (Å²) in [7, 11) is 0. The monoisotopic (exact) mass is 164 g/mol. The van der Waals surface area contributed by atoms with Gasteiger partial charge in [-0.1, -0.05) is 37.3 Å². The lowest BCUT2D eigenvalue weighted by atomic mass is 10.1. The summed E-state index contributed by atoms with van der Waals surface area (Å²) in [6.45, 7) is 3.69. The van der Waals surface area contributed by atoms with Gasteiger partial charge in [0.1, 0.15) is 0 Å². The fraction of sp³-hybridized carbons (Fsp3) is 0.400.